The van der Waals surface area contributed by atoms with E-state index in [1.165, 1.54) is 0 Å². The molecule has 1 saturated heterocycles. The zero-order valence-corrected chi connectivity index (χ0v) is 12.5. The quantitative estimate of drug-likeness (QED) is 0.675. The summed E-state index contributed by atoms with van der Waals surface area (Å²) in [6.45, 7) is 0. The van der Waals surface area contributed by atoms with Crippen LogP contribution in [0.15, 0.2) is 42.5 Å². The predicted octanol–water partition coefficient (Wildman–Crippen LogP) is 1.49. The Balaban J connectivity index is 1.64. The van der Waals surface area contributed by atoms with Crippen LogP contribution in [0.5, 0.6) is 0 Å². The Kier molecular flexibility index (Phi) is 3.11. The maximum absolute atomic E-state index is 12.7. The summed E-state index contributed by atoms with van der Waals surface area (Å²) in [5.74, 6) is -2.25. The van der Waals surface area contributed by atoms with Gasteiger partial charge in [-0.1, -0.05) is 42.5 Å². The van der Waals surface area contributed by atoms with Crippen molar-refractivity contribution in [1.82, 2.24) is 4.90 Å². The van der Waals surface area contributed by atoms with E-state index in [1.807, 2.05) is 42.5 Å². The normalized spacial score (nSPS) is 32.4. The van der Waals surface area contributed by atoms with Crippen LogP contribution in [0.3, 0.4) is 0 Å². The summed E-state index contributed by atoms with van der Waals surface area (Å²) < 4.78 is 0. The lowest BCUT2D eigenvalue weighted by atomic mass is 9.85. The largest absolute Gasteiger partial charge is 0.480 e. The first-order chi connectivity index (χ1) is 11.1. The van der Waals surface area contributed by atoms with E-state index < -0.39 is 12.0 Å². The molecular formula is C18H17NO4. The highest BCUT2D eigenvalue weighted by molar-refractivity contribution is 6.08. The maximum Gasteiger partial charge on any atom is 0.327 e. The zero-order chi connectivity index (χ0) is 16.1. The Morgan fingerprint density at radius 3 is 2.17 bits per heavy atom. The number of likely N-dealkylation sites (tertiary alicyclic amines) is 1. The molecule has 1 aromatic rings. The van der Waals surface area contributed by atoms with E-state index in [1.54, 1.807) is 0 Å². The van der Waals surface area contributed by atoms with Crippen molar-refractivity contribution in [2.45, 2.75) is 18.9 Å². The lowest BCUT2D eigenvalue weighted by molar-refractivity contribution is -0.155. The number of carboxylic acid groups (broad SMARTS) is 1. The lowest BCUT2D eigenvalue weighted by Gasteiger charge is -2.24. The molecule has 5 nitrogen and oxygen atoms in total. The van der Waals surface area contributed by atoms with Crippen LogP contribution in [0, 0.1) is 23.7 Å². The van der Waals surface area contributed by atoms with Crippen molar-refractivity contribution < 1.29 is 19.5 Å². The number of carbonyl (C=O) groups excluding carboxylic acids is 2. The van der Waals surface area contributed by atoms with Crippen LogP contribution >= 0.6 is 0 Å². The summed E-state index contributed by atoms with van der Waals surface area (Å²) in [6.07, 6.45) is 5.01. The Labute approximate surface area is 133 Å². The number of imide groups is 1. The third-order valence-corrected chi connectivity index (χ3v) is 5.37. The average molecular weight is 311 g/mol. The summed E-state index contributed by atoms with van der Waals surface area (Å²) in [4.78, 5) is 38.2. The fourth-order valence-electron chi connectivity index (χ4n) is 4.36. The van der Waals surface area contributed by atoms with Gasteiger partial charge in [-0.25, -0.2) is 4.79 Å². The minimum atomic E-state index is -1.13. The number of benzene rings is 1. The third-order valence-electron chi connectivity index (χ3n) is 5.37. The van der Waals surface area contributed by atoms with Gasteiger partial charge in [0.05, 0.1) is 11.8 Å². The van der Waals surface area contributed by atoms with Gasteiger partial charge < -0.3 is 5.11 Å². The molecule has 0 spiro atoms. The predicted molar refractivity (Wildman–Crippen MR) is 81.1 cm³/mol. The monoisotopic (exact) mass is 311 g/mol. The number of carbonyl (C=O) groups is 3. The fourth-order valence-corrected chi connectivity index (χ4v) is 4.36. The second-order valence-corrected chi connectivity index (χ2v) is 6.59. The number of rotatable bonds is 4. The Bertz CT molecular complexity index is 681. The maximum atomic E-state index is 12.7. The van der Waals surface area contributed by atoms with E-state index in [-0.39, 0.29) is 41.9 Å². The molecule has 0 radical (unpaired) electrons. The number of hydrogen-bond acceptors (Lipinski definition) is 3. The van der Waals surface area contributed by atoms with E-state index in [9.17, 15) is 19.5 Å². The topological polar surface area (TPSA) is 74.7 Å². The molecule has 2 bridgehead atoms. The van der Waals surface area contributed by atoms with Crippen LogP contribution in [-0.2, 0) is 20.8 Å². The van der Waals surface area contributed by atoms with Crippen molar-refractivity contribution in [3.8, 4) is 0 Å². The highest BCUT2D eigenvalue weighted by Crippen LogP contribution is 2.52. The summed E-state index contributed by atoms with van der Waals surface area (Å²) in [6, 6.07) is 7.99. The third kappa shape index (κ3) is 2.03. The average Bonchev–Trinajstić information content (AvgIpc) is 3.21. The summed E-state index contributed by atoms with van der Waals surface area (Å²) in [5, 5.41) is 9.58. The van der Waals surface area contributed by atoms with Gasteiger partial charge in [-0.15, -0.1) is 0 Å². The van der Waals surface area contributed by atoms with Crippen LogP contribution in [0.4, 0.5) is 0 Å². The minimum Gasteiger partial charge on any atom is -0.480 e. The SMILES string of the molecule is O=C(O)[C@H](Cc1ccccc1)N1C(=O)C2C3C=CC(C3)C2C1=O. The van der Waals surface area contributed by atoms with Gasteiger partial charge in [0.2, 0.25) is 11.8 Å². The number of carboxylic acids is 1. The first-order valence-corrected chi connectivity index (χ1v) is 7.90. The molecule has 23 heavy (non-hydrogen) atoms. The Hall–Kier alpha value is -2.43. The minimum absolute atomic E-state index is 0.0950. The number of aliphatic carboxylic acids is 1. The van der Waals surface area contributed by atoms with Crippen LogP contribution in [0.2, 0.25) is 0 Å². The molecule has 0 aromatic heterocycles. The molecule has 118 valence electrons. The highest BCUT2D eigenvalue weighted by Gasteiger charge is 2.61. The molecule has 3 aliphatic rings. The van der Waals surface area contributed by atoms with Crippen LogP contribution < -0.4 is 0 Å². The molecule has 1 N–H and O–H groups in total. The van der Waals surface area contributed by atoms with Crippen LogP contribution in [0.1, 0.15) is 12.0 Å². The van der Waals surface area contributed by atoms with Crippen molar-refractivity contribution >= 4 is 17.8 Å². The summed E-state index contributed by atoms with van der Waals surface area (Å²) >= 11 is 0. The standard InChI is InChI=1S/C18H17NO4/c20-16-14-11-6-7-12(9-11)15(14)17(21)19(16)13(18(22)23)8-10-4-2-1-3-5-10/h1-7,11-15H,8-9H2,(H,22,23)/t11?,12?,13-,14?,15?/m0/s1. The number of allylic oxidation sites excluding steroid dienone is 2. The van der Waals surface area contributed by atoms with Crippen LogP contribution in [-0.4, -0.2) is 33.8 Å². The number of hydrogen-bond donors (Lipinski definition) is 1. The molecule has 1 aromatic carbocycles. The molecular weight excluding hydrogens is 294 g/mol. The molecule has 1 heterocycles. The van der Waals surface area contributed by atoms with Gasteiger partial charge in [0.1, 0.15) is 6.04 Å². The van der Waals surface area contributed by atoms with Crippen LogP contribution in [0.25, 0.3) is 0 Å². The fraction of sp³-hybridized carbons (Fsp3) is 0.389. The number of nitrogens with zero attached hydrogens (tertiary/aromatic N) is 1. The molecule has 4 unspecified atom stereocenters. The molecule has 2 aliphatic carbocycles. The van der Waals surface area contributed by atoms with Gasteiger partial charge in [0.15, 0.2) is 0 Å². The van der Waals surface area contributed by atoms with Crippen molar-refractivity contribution in [2.75, 3.05) is 0 Å². The van der Waals surface area contributed by atoms with Gasteiger partial charge in [0.25, 0.3) is 0 Å². The summed E-state index contributed by atoms with van der Waals surface area (Å²) in [7, 11) is 0. The molecule has 2 amide bonds. The van der Waals surface area contributed by atoms with Gasteiger partial charge in [-0.05, 0) is 23.8 Å². The second kappa shape index (κ2) is 5.05. The van der Waals surface area contributed by atoms with Crippen molar-refractivity contribution in [1.29, 1.82) is 0 Å². The highest BCUT2D eigenvalue weighted by atomic mass is 16.4. The van der Waals surface area contributed by atoms with E-state index in [2.05, 4.69) is 0 Å². The van der Waals surface area contributed by atoms with Crippen molar-refractivity contribution in [2.24, 2.45) is 23.7 Å². The molecule has 4 rings (SSSR count). The molecule has 2 fully saturated rings. The van der Waals surface area contributed by atoms with Gasteiger partial charge >= 0.3 is 5.97 Å². The number of fused-ring (bicyclic) bond motifs is 5. The second-order valence-electron chi connectivity index (χ2n) is 6.59. The lowest BCUT2D eigenvalue weighted by Crippen LogP contribution is -2.47. The molecule has 5 heteroatoms. The Morgan fingerprint density at radius 1 is 1.09 bits per heavy atom. The van der Waals surface area contributed by atoms with E-state index in [4.69, 9.17) is 0 Å². The molecule has 5 atom stereocenters. The van der Waals surface area contributed by atoms with Gasteiger partial charge in [0, 0.05) is 6.42 Å². The van der Waals surface area contributed by atoms with Gasteiger partial charge in [-0.3, -0.25) is 14.5 Å². The van der Waals surface area contributed by atoms with Gasteiger partial charge in [-0.2, -0.15) is 0 Å². The Morgan fingerprint density at radius 2 is 1.65 bits per heavy atom. The first-order valence-electron chi connectivity index (χ1n) is 7.90. The summed E-state index contributed by atoms with van der Waals surface area (Å²) in [5.41, 5.74) is 0.804. The van der Waals surface area contributed by atoms with E-state index in [0.717, 1.165) is 16.9 Å². The number of amides is 2. The molecule has 1 saturated carbocycles. The zero-order valence-electron chi connectivity index (χ0n) is 12.5. The van der Waals surface area contributed by atoms with Crippen molar-refractivity contribution in [3.63, 3.8) is 0 Å². The van der Waals surface area contributed by atoms with Crippen molar-refractivity contribution in [3.05, 3.63) is 48.0 Å². The molecule has 1 aliphatic heterocycles. The van der Waals surface area contributed by atoms with E-state index in [0.29, 0.717) is 0 Å². The first kappa shape index (κ1) is 14.2. The van der Waals surface area contributed by atoms with E-state index >= 15 is 0 Å². The smallest absolute Gasteiger partial charge is 0.327 e.